The predicted octanol–water partition coefficient (Wildman–Crippen LogP) is 4.21. The molecule has 5 nitrogen and oxygen atoms in total. The van der Waals surface area contributed by atoms with Gasteiger partial charge in [-0.15, -0.1) is 0 Å². The van der Waals surface area contributed by atoms with Crippen LogP contribution in [0.4, 0.5) is 0 Å². The van der Waals surface area contributed by atoms with Crippen molar-refractivity contribution >= 4 is 15.9 Å². The van der Waals surface area contributed by atoms with Gasteiger partial charge in [-0.25, -0.2) is 13.6 Å². The van der Waals surface area contributed by atoms with Crippen molar-refractivity contribution in [2.75, 3.05) is 7.05 Å². The summed E-state index contributed by atoms with van der Waals surface area (Å²) in [5, 5.41) is 5.22. The number of nitrogens with two attached hydrogens (primary N) is 1. The lowest BCUT2D eigenvalue weighted by Gasteiger charge is -2.26. The molecular weight excluding hydrogens is 372 g/mol. The average molecular weight is 401 g/mol. The van der Waals surface area contributed by atoms with E-state index in [1.165, 1.54) is 49.8 Å². The second kappa shape index (κ2) is 8.45. The Morgan fingerprint density at radius 1 is 1.07 bits per heavy atom. The zero-order valence-electron chi connectivity index (χ0n) is 16.5. The maximum atomic E-state index is 12.9. The molecule has 1 saturated carbocycles. The molecule has 2 aromatic rings. The monoisotopic (exact) mass is 400 g/mol. The van der Waals surface area contributed by atoms with Crippen LogP contribution in [-0.2, 0) is 10.0 Å². The molecule has 6 heteroatoms. The van der Waals surface area contributed by atoms with Crippen LogP contribution in [0.2, 0.25) is 0 Å². The highest BCUT2D eigenvalue weighted by Gasteiger charge is 2.21. The summed E-state index contributed by atoms with van der Waals surface area (Å²) in [5.74, 6) is 0.513. The Balaban J connectivity index is 1.74. The highest BCUT2D eigenvalue weighted by Crippen LogP contribution is 2.32. The lowest BCUT2D eigenvalue weighted by molar-refractivity contribution is 0.0742. The van der Waals surface area contributed by atoms with Crippen LogP contribution < -0.4 is 5.14 Å². The van der Waals surface area contributed by atoms with Gasteiger partial charge in [0.1, 0.15) is 0 Å². The van der Waals surface area contributed by atoms with E-state index in [4.69, 9.17) is 5.14 Å². The van der Waals surface area contributed by atoms with Gasteiger partial charge in [-0.05, 0) is 61.1 Å². The number of carbonyl (C=O) groups excluding carboxylic acids is 1. The van der Waals surface area contributed by atoms with Crippen LogP contribution in [0, 0.1) is 0 Å². The molecule has 2 N–H and O–H groups in total. The third kappa shape index (κ3) is 4.62. The fourth-order valence-corrected chi connectivity index (χ4v) is 4.46. The summed E-state index contributed by atoms with van der Waals surface area (Å²) in [7, 11) is -2.05. The number of amides is 1. The molecule has 2 aromatic carbocycles. The van der Waals surface area contributed by atoms with Gasteiger partial charge in [0.05, 0.1) is 10.9 Å². The zero-order chi connectivity index (χ0) is 20.3. The molecule has 28 heavy (non-hydrogen) atoms. The third-order valence-electron chi connectivity index (χ3n) is 5.80. The van der Waals surface area contributed by atoms with E-state index in [0.29, 0.717) is 11.5 Å². The van der Waals surface area contributed by atoms with E-state index in [0.717, 1.165) is 5.56 Å². The van der Waals surface area contributed by atoms with Crippen molar-refractivity contribution in [3.63, 3.8) is 0 Å². The predicted molar refractivity (Wildman–Crippen MR) is 111 cm³/mol. The number of nitrogens with zero attached hydrogens (tertiary/aromatic N) is 1. The summed E-state index contributed by atoms with van der Waals surface area (Å²) in [6, 6.07) is 14.1. The minimum absolute atomic E-state index is 0.0505. The van der Waals surface area contributed by atoms with Crippen LogP contribution in [0.25, 0.3) is 0 Å². The first-order chi connectivity index (χ1) is 13.3. The molecule has 1 atom stereocenters. The third-order valence-corrected chi connectivity index (χ3v) is 6.72. The van der Waals surface area contributed by atoms with E-state index >= 15 is 0 Å². The highest BCUT2D eigenvalue weighted by atomic mass is 32.2. The van der Waals surface area contributed by atoms with E-state index in [-0.39, 0.29) is 16.8 Å². The summed E-state index contributed by atoms with van der Waals surface area (Å²) in [5.41, 5.74) is 2.67. The van der Waals surface area contributed by atoms with E-state index in [1.54, 1.807) is 24.1 Å². The van der Waals surface area contributed by atoms with E-state index in [1.807, 2.05) is 19.1 Å². The molecule has 0 aromatic heterocycles. The Labute approximate surface area is 167 Å². The topological polar surface area (TPSA) is 80.5 Å². The van der Waals surface area contributed by atoms with Crippen LogP contribution in [0.1, 0.15) is 72.5 Å². The maximum absolute atomic E-state index is 12.9. The van der Waals surface area contributed by atoms with E-state index in [9.17, 15) is 13.2 Å². The number of benzene rings is 2. The molecule has 1 aliphatic carbocycles. The van der Waals surface area contributed by atoms with Crippen LogP contribution in [0.3, 0.4) is 0 Å². The van der Waals surface area contributed by atoms with Gasteiger partial charge in [0, 0.05) is 12.6 Å². The van der Waals surface area contributed by atoms with E-state index < -0.39 is 10.0 Å². The van der Waals surface area contributed by atoms with Crippen molar-refractivity contribution in [2.24, 2.45) is 5.14 Å². The Bertz CT molecular complexity index is 933. The summed E-state index contributed by atoms with van der Waals surface area (Å²) >= 11 is 0. The Hall–Kier alpha value is -2.18. The van der Waals surface area contributed by atoms with Gasteiger partial charge in [0.2, 0.25) is 10.0 Å². The summed E-state index contributed by atoms with van der Waals surface area (Å²) in [4.78, 5) is 14.6. The van der Waals surface area contributed by atoms with Gasteiger partial charge in [-0.1, -0.05) is 43.5 Å². The fraction of sp³-hybridized carbons (Fsp3) is 0.409. The molecule has 1 unspecified atom stereocenters. The summed E-state index contributed by atoms with van der Waals surface area (Å²) in [6.45, 7) is 1.87. The number of hydrogen-bond donors (Lipinski definition) is 1. The molecule has 1 amide bonds. The lowest BCUT2D eigenvalue weighted by Crippen LogP contribution is -2.29. The molecule has 0 saturated heterocycles. The number of carbonyl (C=O) groups is 1. The molecule has 150 valence electrons. The van der Waals surface area contributed by atoms with Crippen LogP contribution in [0.15, 0.2) is 53.4 Å². The molecule has 0 heterocycles. The van der Waals surface area contributed by atoms with Crippen LogP contribution in [0.5, 0.6) is 0 Å². The van der Waals surface area contributed by atoms with Crippen molar-refractivity contribution in [3.8, 4) is 0 Å². The molecule has 0 aliphatic heterocycles. The van der Waals surface area contributed by atoms with Gasteiger partial charge in [0.15, 0.2) is 0 Å². The zero-order valence-corrected chi connectivity index (χ0v) is 17.3. The molecular formula is C22H28N2O3S. The highest BCUT2D eigenvalue weighted by molar-refractivity contribution is 7.89. The first-order valence-corrected chi connectivity index (χ1v) is 11.3. The molecule has 3 rings (SSSR count). The molecule has 0 radical (unpaired) electrons. The molecule has 0 bridgehead atoms. The van der Waals surface area contributed by atoms with Gasteiger partial charge < -0.3 is 4.90 Å². The quantitative estimate of drug-likeness (QED) is 0.816. The molecule has 1 fully saturated rings. The van der Waals surface area contributed by atoms with Gasteiger partial charge in [-0.3, -0.25) is 4.79 Å². The normalized spacial score (nSPS) is 16.5. The maximum Gasteiger partial charge on any atom is 0.254 e. The summed E-state index contributed by atoms with van der Waals surface area (Å²) in [6.07, 6.45) is 6.34. The SMILES string of the molecule is CC(c1cccc(S(N)(=O)=O)c1)N(C)C(=O)c1ccc(C2CCCCC2)cc1. The van der Waals surface area contributed by atoms with E-state index in [2.05, 4.69) is 12.1 Å². The van der Waals surface area contributed by atoms with Crippen molar-refractivity contribution in [3.05, 3.63) is 65.2 Å². The number of hydrogen-bond acceptors (Lipinski definition) is 3. The fourth-order valence-electron chi connectivity index (χ4n) is 3.89. The Morgan fingerprint density at radius 2 is 1.71 bits per heavy atom. The second-order valence-electron chi connectivity index (χ2n) is 7.67. The lowest BCUT2D eigenvalue weighted by atomic mass is 9.84. The summed E-state index contributed by atoms with van der Waals surface area (Å²) < 4.78 is 23.2. The molecule has 1 aliphatic rings. The average Bonchev–Trinajstić information content (AvgIpc) is 2.72. The van der Waals surface area contributed by atoms with Gasteiger partial charge >= 0.3 is 0 Å². The van der Waals surface area contributed by atoms with Crippen LogP contribution in [-0.4, -0.2) is 26.3 Å². The van der Waals surface area contributed by atoms with Crippen molar-refractivity contribution < 1.29 is 13.2 Å². The Kier molecular flexibility index (Phi) is 6.20. The smallest absolute Gasteiger partial charge is 0.254 e. The number of rotatable bonds is 5. The minimum Gasteiger partial charge on any atom is -0.335 e. The van der Waals surface area contributed by atoms with Crippen LogP contribution >= 0.6 is 0 Å². The first kappa shape index (κ1) is 20.6. The number of sulfonamides is 1. The second-order valence-corrected chi connectivity index (χ2v) is 9.23. The largest absolute Gasteiger partial charge is 0.335 e. The van der Waals surface area contributed by atoms with Crippen molar-refractivity contribution in [2.45, 2.75) is 55.9 Å². The standard InChI is InChI=1S/C22H28N2O3S/c1-16(20-9-6-10-21(15-20)28(23,26)27)24(2)22(25)19-13-11-18(12-14-19)17-7-4-3-5-8-17/h6,9-17H,3-5,7-8H2,1-2H3,(H2,23,26,27). The molecule has 0 spiro atoms. The van der Waals surface area contributed by atoms with Crippen molar-refractivity contribution in [1.82, 2.24) is 4.90 Å². The Morgan fingerprint density at radius 3 is 2.32 bits per heavy atom. The van der Waals surface area contributed by atoms with Gasteiger partial charge in [-0.2, -0.15) is 0 Å². The van der Waals surface area contributed by atoms with Crippen molar-refractivity contribution in [1.29, 1.82) is 0 Å². The van der Waals surface area contributed by atoms with Gasteiger partial charge in [0.25, 0.3) is 5.91 Å². The minimum atomic E-state index is -3.78. The first-order valence-electron chi connectivity index (χ1n) is 9.77. The number of primary sulfonamides is 1.